The highest BCUT2D eigenvalue weighted by Crippen LogP contribution is 2.16. The van der Waals surface area contributed by atoms with E-state index in [0.29, 0.717) is 0 Å². The first-order chi connectivity index (χ1) is 4.43. The van der Waals surface area contributed by atoms with Crippen molar-refractivity contribution in [3.05, 3.63) is 23.8 Å². The third kappa shape index (κ3) is 2.86. The van der Waals surface area contributed by atoms with Crippen LogP contribution >= 0.6 is 0 Å². The average molecular weight is 138 g/mol. The molecule has 0 radical (unpaired) electrons. The summed E-state index contributed by atoms with van der Waals surface area (Å²) < 4.78 is 0. The third-order valence-electron chi connectivity index (χ3n) is 1.70. The van der Waals surface area contributed by atoms with Crippen molar-refractivity contribution in [2.45, 2.75) is 40.0 Å². The van der Waals surface area contributed by atoms with E-state index in [0.717, 1.165) is 0 Å². The molecule has 0 unspecified atom stereocenters. The van der Waals surface area contributed by atoms with Gasteiger partial charge in [-0.2, -0.15) is 0 Å². The molecule has 0 N–H and O–H groups in total. The van der Waals surface area contributed by atoms with Gasteiger partial charge in [-0.15, -0.1) is 0 Å². The maximum atomic E-state index is 2.25. The van der Waals surface area contributed by atoms with Crippen LogP contribution in [0.2, 0.25) is 0 Å². The van der Waals surface area contributed by atoms with Gasteiger partial charge in [0, 0.05) is 0 Å². The van der Waals surface area contributed by atoms with Gasteiger partial charge in [-0.3, -0.25) is 0 Å². The van der Waals surface area contributed by atoms with Crippen molar-refractivity contribution < 1.29 is 0 Å². The van der Waals surface area contributed by atoms with Crippen molar-refractivity contribution in [3.8, 4) is 0 Å². The molecule has 0 aliphatic heterocycles. The molecule has 0 heterocycles. The summed E-state index contributed by atoms with van der Waals surface area (Å²) in [4.78, 5) is 0. The van der Waals surface area contributed by atoms with Crippen LogP contribution in [0.3, 0.4) is 0 Å². The van der Waals surface area contributed by atoms with Gasteiger partial charge >= 0.3 is 0 Å². The van der Waals surface area contributed by atoms with Crippen LogP contribution in [-0.2, 0) is 0 Å². The fourth-order valence-corrected chi connectivity index (χ4v) is 1.08. The summed E-state index contributed by atoms with van der Waals surface area (Å²) in [5.41, 5.74) is 1.61. The summed E-state index contributed by atoms with van der Waals surface area (Å²) in [6.07, 6.45) is 11.8. The van der Waals surface area contributed by atoms with Gasteiger partial charge in [0.15, 0.2) is 0 Å². The summed E-state index contributed by atoms with van der Waals surface area (Å²) in [6, 6.07) is 0. The maximum Gasteiger partial charge on any atom is -0.0133 e. The van der Waals surface area contributed by atoms with Crippen molar-refractivity contribution in [3.63, 3.8) is 0 Å². The predicted molar refractivity (Wildman–Crippen MR) is 48.1 cm³/mol. The Bertz CT molecular complexity index is 129. The smallest absolute Gasteiger partial charge is 0.0133 e. The molecule has 0 spiro atoms. The monoisotopic (exact) mass is 138 g/mol. The van der Waals surface area contributed by atoms with Crippen LogP contribution in [0.1, 0.15) is 40.0 Å². The van der Waals surface area contributed by atoms with Gasteiger partial charge in [-0.05, 0) is 19.3 Å². The Hall–Kier alpha value is -0.520. The molecule has 0 fully saturated rings. The first-order valence-electron chi connectivity index (χ1n) is 3.78. The second-order valence-electron chi connectivity index (χ2n) is 2.56. The highest BCUT2D eigenvalue weighted by atomic mass is 14.0. The van der Waals surface area contributed by atoms with Crippen LogP contribution in [0.4, 0.5) is 0 Å². The summed E-state index contributed by atoms with van der Waals surface area (Å²) >= 11 is 0. The van der Waals surface area contributed by atoms with Gasteiger partial charge in [0.25, 0.3) is 0 Å². The SMILES string of the molecule is C.CCCCC1=CC=CC1. The molecule has 0 bridgehead atoms. The Morgan fingerprint density at radius 1 is 1.50 bits per heavy atom. The Balaban J connectivity index is 0.000000810. The van der Waals surface area contributed by atoms with Crippen LogP contribution in [-0.4, -0.2) is 0 Å². The molecular weight excluding hydrogens is 120 g/mol. The van der Waals surface area contributed by atoms with Crippen LogP contribution in [0, 0.1) is 0 Å². The molecule has 0 saturated heterocycles. The summed E-state index contributed by atoms with van der Waals surface area (Å²) in [7, 11) is 0. The van der Waals surface area contributed by atoms with E-state index in [-0.39, 0.29) is 7.43 Å². The van der Waals surface area contributed by atoms with Gasteiger partial charge in [0.1, 0.15) is 0 Å². The van der Waals surface area contributed by atoms with E-state index >= 15 is 0 Å². The first kappa shape index (κ1) is 9.48. The van der Waals surface area contributed by atoms with E-state index < -0.39 is 0 Å². The zero-order valence-corrected chi connectivity index (χ0v) is 6.06. The second kappa shape index (κ2) is 5.28. The van der Waals surface area contributed by atoms with E-state index in [1.807, 2.05) is 0 Å². The normalized spacial score (nSPS) is 14.7. The number of hydrogen-bond acceptors (Lipinski definition) is 0. The topological polar surface area (TPSA) is 0 Å². The molecule has 0 nitrogen and oxygen atoms in total. The molecule has 1 aliphatic carbocycles. The largest absolute Gasteiger partial charge is 0.0805 e. The summed E-state index contributed by atoms with van der Waals surface area (Å²) in [5.74, 6) is 0. The lowest BCUT2D eigenvalue weighted by molar-refractivity contribution is 0.779. The molecule has 0 aromatic rings. The van der Waals surface area contributed by atoms with E-state index in [1.165, 1.54) is 25.7 Å². The Morgan fingerprint density at radius 2 is 2.30 bits per heavy atom. The molecule has 0 aromatic carbocycles. The van der Waals surface area contributed by atoms with E-state index in [9.17, 15) is 0 Å². The highest BCUT2D eigenvalue weighted by Gasteiger charge is 1.96. The lowest BCUT2D eigenvalue weighted by Gasteiger charge is -1.96. The third-order valence-corrected chi connectivity index (χ3v) is 1.70. The minimum Gasteiger partial charge on any atom is -0.0805 e. The fraction of sp³-hybridized carbons (Fsp3) is 0.600. The van der Waals surface area contributed by atoms with Crippen LogP contribution < -0.4 is 0 Å². The van der Waals surface area contributed by atoms with Gasteiger partial charge in [-0.1, -0.05) is 44.6 Å². The predicted octanol–water partition coefficient (Wildman–Crippen LogP) is 3.70. The number of rotatable bonds is 3. The quantitative estimate of drug-likeness (QED) is 0.558. The van der Waals surface area contributed by atoms with E-state index in [4.69, 9.17) is 0 Å². The molecule has 1 rings (SSSR count). The Kier molecular flexibility index (Phi) is 5.00. The maximum absolute atomic E-state index is 2.25. The Labute approximate surface area is 64.6 Å². The van der Waals surface area contributed by atoms with Gasteiger partial charge in [-0.25, -0.2) is 0 Å². The van der Waals surface area contributed by atoms with Crippen LogP contribution in [0.15, 0.2) is 23.8 Å². The van der Waals surface area contributed by atoms with Crippen molar-refractivity contribution in [1.82, 2.24) is 0 Å². The van der Waals surface area contributed by atoms with Gasteiger partial charge in [0.05, 0.1) is 0 Å². The molecule has 0 amide bonds. The minimum absolute atomic E-state index is 0. The fourth-order valence-electron chi connectivity index (χ4n) is 1.08. The molecule has 10 heavy (non-hydrogen) atoms. The summed E-state index contributed by atoms with van der Waals surface area (Å²) in [5, 5.41) is 0. The standard InChI is InChI=1S/C9H14.CH4/c1-2-3-6-9-7-4-5-8-9;/h4-5,7H,2-3,6,8H2,1H3;1H4. The second-order valence-corrected chi connectivity index (χ2v) is 2.56. The van der Waals surface area contributed by atoms with Crippen molar-refractivity contribution in [2.75, 3.05) is 0 Å². The zero-order valence-electron chi connectivity index (χ0n) is 6.06. The molecule has 0 saturated carbocycles. The Morgan fingerprint density at radius 3 is 2.80 bits per heavy atom. The molecular formula is C10H18. The zero-order chi connectivity index (χ0) is 6.53. The van der Waals surface area contributed by atoms with E-state index in [1.54, 1.807) is 5.57 Å². The van der Waals surface area contributed by atoms with Gasteiger partial charge in [0.2, 0.25) is 0 Å². The first-order valence-corrected chi connectivity index (χ1v) is 3.78. The number of unbranched alkanes of at least 4 members (excludes halogenated alkanes) is 1. The minimum atomic E-state index is 0. The van der Waals surface area contributed by atoms with Crippen LogP contribution in [0.25, 0.3) is 0 Å². The van der Waals surface area contributed by atoms with Crippen molar-refractivity contribution >= 4 is 0 Å². The molecule has 0 heteroatoms. The summed E-state index contributed by atoms with van der Waals surface area (Å²) in [6.45, 7) is 2.24. The van der Waals surface area contributed by atoms with Crippen molar-refractivity contribution in [2.24, 2.45) is 0 Å². The average Bonchev–Trinajstić information content (AvgIpc) is 2.34. The lowest BCUT2D eigenvalue weighted by Crippen LogP contribution is -1.77. The molecule has 1 aliphatic rings. The molecule has 0 atom stereocenters. The van der Waals surface area contributed by atoms with Crippen molar-refractivity contribution in [1.29, 1.82) is 0 Å². The van der Waals surface area contributed by atoms with Gasteiger partial charge < -0.3 is 0 Å². The van der Waals surface area contributed by atoms with Crippen LogP contribution in [0.5, 0.6) is 0 Å². The number of allylic oxidation sites excluding steroid dienone is 4. The molecule has 58 valence electrons. The van der Waals surface area contributed by atoms with E-state index in [2.05, 4.69) is 25.2 Å². The lowest BCUT2D eigenvalue weighted by atomic mass is 10.1. The number of hydrogen-bond donors (Lipinski definition) is 0. The highest BCUT2D eigenvalue weighted by molar-refractivity contribution is 5.22. The molecule has 0 aromatic heterocycles.